The van der Waals surface area contributed by atoms with Gasteiger partial charge in [0.05, 0.1) is 6.04 Å². The van der Waals surface area contributed by atoms with Crippen LogP contribution in [0, 0.1) is 5.41 Å². The average molecular weight is 547 g/mol. The number of carbonyl (C=O) groups excluding carboxylic acids is 1. The van der Waals surface area contributed by atoms with Crippen LogP contribution in [0.15, 0.2) is 126 Å². The van der Waals surface area contributed by atoms with Gasteiger partial charge in [-0.1, -0.05) is 86.7 Å². The Balaban J connectivity index is 1.57. The van der Waals surface area contributed by atoms with Crippen LogP contribution in [0.3, 0.4) is 0 Å². The zero-order chi connectivity index (χ0) is 28.7. The van der Waals surface area contributed by atoms with Crippen LogP contribution in [0.4, 0.5) is 0 Å². The van der Waals surface area contributed by atoms with Gasteiger partial charge < -0.3 is 20.1 Å². The number of benzene rings is 3. The number of nitrogens with one attached hydrogen (secondary N) is 2. The van der Waals surface area contributed by atoms with E-state index in [2.05, 4.69) is 24.5 Å². The normalized spacial score (nSPS) is 21.2. The second-order valence-electron chi connectivity index (χ2n) is 11.4. The molecule has 1 atom stereocenters. The molecule has 1 aliphatic heterocycles. The molecule has 5 nitrogen and oxygen atoms in total. The van der Waals surface area contributed by atoms with Crippen LogP contribution in [-0.4, -0.2) is 5.78 Å². The molecule has 0 bridgehead atoms. The average Bonchev–Trinajstić information content (AvgIpc) is 2.99. The fourth-order valence-corrected chi connectivity index (χ4v) is 5.29. The van der Waals surface area contributed by atoms with Gasteiger partial charge in [0, 0.05) is 41.2 Å². The second-order valence-corrected chi connectivity index (χ2v) is 11.4. The first-order chi connectivity index (χ1) is 19.9. The van der Waals surface area contributed by atoms with E-state index in [0.29, 0.717) is 31.1 Å². The Morgan fingerprint density at radius 3 is 2.22 bits per heavy atom. The summed E-state index contributed by atoms with van der Waals surface area (Å²) in [6.07, 6.45) is 11.1. The lowest BCUT2D eigenvalue weighted by Gasteiger charge is -2.36. The molecule has 0 radical (unpaired) electrons. The first-order valence-electron chi connectivity index (χ1n) is 14.1. The highest BCUT2D eigenvalue weighted by atomic mass is 16.5. The zero-order valence-electron chi connectivity index (χ0n) is 24.0. The van der Waals surface area contributed by atoms with Gasteiger partial charge in [0.15, 0.2) is 5.78 Å². The van der Waals surface area contributed by atoms with Gasteiger partial charge in [0.1, 0.15) is 24.7 Å². The molecule has 1 unspecified atom stereocenters. The third-order valence-electron chi connectivity index (χ3n) is 7.28. The van der Waals surface area contributed by atoms with Crippen molar-refractivity contribution in [3.05, 3.63) is 143 Å². The van der Waals surface area contributed by atoms with Crippen molar-refractivity contribution in [1.82, 2.24) is 10.6 Å². The summed E-state index contributed by atoms with van der Waals surface area (Å²) in [5.41, 5.74) is 5.52. The van der Waals surface area contributed by atoms with Crippen molar-refractivity contribution in [2.45, 2.75) is 52.9 Å². The van der Waals surface area contributed by atoms with Crippen LogP contribution in [0.25, 0.3) is 0 Å². The van der Waals surface area contributed by atoms with Crippen molar-refractivity contribution in [3.63, 3.8) is 0 Å². The van der Waals surface area contributed by atoms with E-state index >= 15 is 0 Å². The summed E-state index contributed by atoms with van der Waals surface area (Å²) < 4.78 is 12.7. The van der Waals surface area contributed by atoms with E-state index in [4.69, 9.17) is 9.47 Å². The summed E-state index contributed by atoms with van der Waals surface area (Å²) in [7, 11) is 0. The van der Waals surface area contributed by atoms with Crippen LogP contribution in [0.1, 0.15) is 56.3 Å². The standard InChI is InChI=1S/C36H38N2O3/c1-26-13-7-6-12-20-37-31-22-36(2,3)23-32(39)34(31)35(38-26)30-19-18-29(40-24-27-14-8-4-9-15-27)21-33(30)41-25-28-16-10-5-11-17-28/h4-21,35,37-38H,22-25H2,1-3H3/b7-6-,20-12+,26-13+. The lowest BCUT2D eigenvalue weighted by molar-refractivity contribution is -0.118. The van der Waals surface area contributed by atoms with E-state index in [-0.39, 0.29) is 11.2 Å². The van der Waals surface area contributed by atoms with Gasteiger partial charge in [-0.2, -0.15) is 0 Å². The van der Waals surface area contributed by atoms with Gasteiger partial charge in [0.2, 0.25) is 0 Å². The molecular formula is C36H38N2O3. The molecule has 0 fully saturated rings. The van der Waals surface area contributed by atoms with Crippen LogP contribution < -0.4 is 20.1 Å². The predicted octanol–water partition coefficient (Wildman–Crippen LogP) is 7.70. The fourth-order valence-electron chi connectivity index (χ4n) is 5.29. The van der Waals surface area contributed by atoms with Crippen LogP contribution in [-0.2, 0) is 18.0 Å². The van der Waals surface area contributed by atoms with Crippen LogP contribution >= 0.6 is 0 Å². The van der Waals surface area contributed by atoms with Gasteiger partial charge in [-0.15, -0.1) is 0 Å². The molecule has 0 saturated heterocycles. The zero-order valence-corrected chi connectivity index (χ0v) is 24.0. The lowest BCUT2D eigenvalue weighted by Crippen LogP contribution is -2.36. The van der Waals surface area contributed by atoms with Crippen molar-refractivity contribution in [1.29, 1.82) is 0 Å². The van der Waals surface area contributed by atoms with Crippen molar-refractivity contribution in [2.24, 2.45) is 5.41 Å². The van der Waals surface area contributed by atoms with E-state index in [9.17, 15) is 4.79 Å². The third kappa shape index (κ3) is 7.37. The predicted molar refractivity (Wildman–Crippen MR) is 164 cm³/mol. The Kier molecular flexibility index (Phi) is 8.73. The maximum Gasteiger partial charge on any atom is 0.163 e. The molecule has 2 aliphatic rings. The van der Waals surface area contributed by atoms with Crippen molar-refractivity contribution in [3.8, 4) is 11.5 Å². The first kappa shape index (κ1) is 28.0. The molecule has 5 rings (SSSR count). The van der Waals surface area contributed by atoms with E-state index in [1.54, 1.807) is 0 Å². The topological polar surface area (TPSA) is 59.6 Å². The molecule has 0 amide bonds. The minimum absolute atomic E-state index is 0.132. The Hall–Kier alpha value is -4.51. The largest absolute Gasteiger partial charge is 0.489 e. The van der Waals surface area contributed by atoms with Gasteiger partial charge in [-0.3, -0.25) is 4.79 Å². The number of hydrogen-bond donors (Lipinski definition) is 2. The maximum atomic E-state index is 13.8. The summed E-state index contributed by atoms with van der Waals surface area (Å²) in [6.45, 7) is 7.16. The molecule has 5 heteroatoms. The van der Waals surface area contributed by atoms with Crippen LogP contribution in [0.5, 0.6) is 11.5 Å². The summed E-state index contributed by atoms with van der Waals surface area (Å²) in [5.74, 6) is 1.52. The summed E-state index contributed by atoms with van der Waals surface area (Å²) in [5, 5.41) is 7.09. The number of ether oxygens (including phenoxy) is 2. The Bertz CT molecular complexity index is 1480. The summed E-state index contributed by atoms with van der Waals surface area (Å²) >= 11 is 0. The van der Waals surface area contributed by atoms with Crippen molar-refractivity contribution in [2.75, 3.05) is 0 Å². The van der Waals surface area contributed by atoms with Gasteiger partial charge in [0.25, 0.3) is 0 Å². The minimum atomic E-state index is -0.411. The number of ketones is 1. The Morgan fingerprint density at radius 1 is 0.829 bits per heavy atom. The van der Waals surface area contributed by atoms with Gasteiger partial charge in [-0.05, 0) is 54.2 Å². The van der Waals surface area contributed by atoms with E-state index in [0.717, 1.165) is 40.1 Å². The van der Waals surface area contributed by atoms with Crippen LogP contribution in [0.2, 0.25) is 0 Å². The molecule has 3 aromatic rings. The molecule has 210 valence electrons. The SMILES string of the molecule is C\C1=C/C=C\C=C\NC2=C(C(=O)CC(C)(C)C2)C(c2ccc(OCc3ccccc3)cc2OCc2ccccc2)N1. The number of Topliss-reactive ketones (excluding diaryl/α,β-unsaturated/α-hetero) is 1. The molecular weight excluding hydrogens is 508 g/mol. The number of hydrogen-bond acceptors (Lipinski definition) is 5. The van der Waals surface area contributed by atoms with Gasteiger partial charge in [-0.25, -0.2) is 0 Å². The molecule has 3 aromatic carbocycles. The Morgan fingerprint density at radius 2 is 1.51 bits per heavy atom. The molecule has 41 heavy (non-hydrogen) atoms. The number of allylic oxidation sites excluding steroid dienone is 6. The summed E-state index contributed by atoms with van der Waals surface area (Å²) in [6, 6.07) is 25.7. The Labute approximate surface area is 243 Å². The molecule has 0 saturated carbocycles. The summed E-state index contributed by atoms with van der Waals surface area (Å²) in [4.78, 5) is 13.8. The van der Waals surface area contributed by atoms with E-state index < -0.39 is 6.04 Å². The quantitative estimate of drug-likeness (QED) is 0.318. The van der Waals surface area contributed by atoms with Crippen molar-refractivity contribution < 1.29 is 14.3 Å². The second kappa shape index (κ2) is 12.8. The van der Waals surface area contributed by atoms with Gasteiger partial charge >= 0.3 is 0 Å². The highest BCUT2D eigenvalue weighted by Crippen LogP contribution is 2.43. The number of rotatable bonds is 7. The maximum absolute atomic E-state index is 13.8. The monoisotopic (exact) mass is 546 g/mol. The van der Waals surface area contributed by atoms with E-state index in [1.165, 1.54) is 0 Å². The molecule has 2 N–H and O–H groups in total. The molecule has 0 spiro atoms. The molecule has 1 aliphatic carbocycles. The first-order valence-corrected chi connectivity index (χ1v) is 14.1. The molecule has 0 aromatic heterocycles. The number of carbonyl (C=O) groups is 1. The van der Waals surface area contributed by atoms with E-state index in [1.807, 2.05) is 116 Å². The third-order valence-corrected chi connectivity index (χ3v) is 7.28. The smallest absolute Gasteiger partial charge is 0.163 e. The molecule has 1 heterocycles. The lowest BCUT2D eigenvalue weighted by atomic mass is 9.73. The fraction of sp³-hybridized carbons (Fsp3) is 0.250. The van der Waals surface area contributed by atoms with Crippen molar-refractivity contribution >= 4 is 5.78 Å². The minimum Gasteiger partial charge on any atom is -0.489 e. The highest BCUT2D eigenvalue weighted by Gasteiger charge is 2.37. The highest BCUT2D eigenvalue weighted by molar-refractivity contribution is 5.99.